The predicted octanol–water partition coefficient (Wildman–Crippen LogP) is -6.55. The zero-order chi connectivity index (χ0) is 24.6. The van der Waals surface area contributed by atoms with Crippen LogP contribution >= 0.6 is 0 Å². The summed E-state index contributed by atoms with van der Waals surface area (Å²) in [5.74, 6) is 0. The summed E-state index contributed by atoms with van der Waals surface area (Å²) in [5, 5.41) is 99.4. The molecule has 0 aliphatic carbocycles. The van der Waals surface area contributed by atoms with Crippen LogP contribution in [-0.2, 0) is 23.7 Å². The van der Waals surface area contributed by atoms with Crippen molar-refractivity contribution in [2.75, 3.05) is 13.2 Å². The Balaban J connectivity index is 1.66. The maximum absolute atomic E-state index is 10.3. The molecule has 0 aromatic heterocycles. The van der Waals surface area contributed by atoms with Gasteiger partial charge in [0.1, 0.15) is 67.1 Å². The Bertz CT molecular complexity index is 624. The van der Waals surface area contributed by atoms with E-state index < -0.39 is 105 Å². The highest BCUT2D eigenvalue weighted by atomic mass is 16.7. The van der Waals surface area contributed by atoms with Crippen LogP contribution in [0.3, 0.4) is 0 Å². The van der Waals surface area contributed by atoms with Crippen molar-refractivity contribution in [2.45, 2.75) is 99.0 Å². The van der Waals surface area contributed by atoms with Gasteiger partial charge in [-0.3, -0.25) is 0 Å². The first-order chi connectivity index (χ1) is 15.5. The van der Waals surface area contributed by atoms with E-state index in [2.05, 4.69) is 0 Å². The summed E-state index contributed by atoms with van der Waals surface area (Å²) in [6.07, 6.45) is -23.5. The minimum Gasteiger partial charge on any atom is -0.394 e. The van der Waals surface area contributed by atoms with Crippen LogP contribution in [0, 0.1) is 0 Å². The van der Waals surface area contributed by atoms with E-state index in [0.29, 0.717) is 0 Å². The Morgan fingerprint density at radius 1 is 0.606 bits per heavy atom. The van der Waals surface area contributed by atoms with E-state index in [-0.39, 0.29) is 0 Å². The van der Waals surface area contributed by atoms with Gasteiger partial charge in [0.05, 0.1) is 19.3 Å². The third kappa shape index (κ3) is 5.48. The fraction of sp³-hybridized carbons (Fsp3) is 1.00. The van der Waals surface area contributed by atoms with E-state index in [1.165, 1.54) is 6.92 Å². The monoisotopic (exact) mass is 488 g/mol. The summed E-state index contributed by atoms with van der Waals surface area (Å²) >= 11 is 0. The van der Waals surface area contributed by atoms with Crippen molar-refractivity contribution in [3.05, 3.63) is 0 Å². The number of hydrogen-bond donors (Lipinski definition) is 10. The molecule has 3 saturated heterocycles. The van der Waals surface area contributed by atoms with Gasteiger partial charge in [0, 0.05) is 0 Å². The molecule has 0 spiro atoms. The van der Waals surface area contributed by atoms with Crippen molar-refractivity contribution >= 4 is 0 Å². The molecule has 0 saturated carbocycles. The normalized spacial score (nSPS) is 53.7. The zero-order valence-electron chi connectivity index (χ0n) is 17.6. The van der Waals surface area contributed by atoms with Gasteiger partial charge < -0.3 is 74.7 Å². The number of aliphatic hydroxyl groups is 10. The first-order valence-electron chi connectivity index (χ1n) is 10.4. The molecular formula is C18H32O15. The van der Waals surface area contributed by atoms with E-state index >= 15 is 0 Å². The smallest absolute Gasteiger partial charge is 0.187 e. The molecule has 0 unspecified atom stereocenters. The Morgan fingerprint density at radius 2 is 1.21 bits per heavy atom. The molecule has 3 fully saturated rings. The Kier molecular flexibility index (Phi) is 8.99. The van der Waals surface area contributed by atoms with Crippen LogP contribution in [0.15, 0.2) is 0 Å². The lowest BCUT2D eigenvalue weighted by atomic mass is 9.97. The topological polar surface area (TPSA) is 248 Å². The SMILES string of the molecule is C[C@@H]1O[C@@H](OC[C@H]2O[C@@H](O[C@H]3[C@H](O)[C@@H](O)[C@H](O)O[C@@H]3CO)[C@H](O)[C@@H](O)[C@H]2O)[C@@H](O)[C@H](O)[C@@H]1O. The fourth-order valence-corrected chi connectivity index (χ4v) is 3.90. The molecule has 194 valence electrons. The van der Waals surface area contributed by atoms with Crippen molar-refractivity contribution < 1.29 is 74.7 Å². The van der Waals surface area contributed by atoms with Gasteiger partial charge in [-0.05, 0) is 6.92 Å². The standard InChI is InChI=1S/C18H32O15/c1-4-7(20)9(22)13(26)17(30-4)29-3-6-8(21)10(23)14(27)18(32-6)33-15-5(2-19)31-16(28)12(25)11(15)24/h4-28H,2-3H2,1H3/t4-,5+,6+,7+,8-,9+,10-,11+,12+,13-,14+,15+,16+,17+,18-/m0/s1. The van der Waals surface area contributed by atoms with E-state index in [0.717, 1.165) is 0 Å². The van der Waals surface area contributed by atoms with Crippen LogP contribution in [-0.4, -0.2) is 156 Å². The predicted molar refractivity (Wildman–Crippen MR) is 99.8 cm³/mol. The number of rotatable bonds is 6. The van der Waals surface area contributed by atoms with Crippen LogP contribution in [0.25, 0.3) is 0 Å². The van der Waals surface area contributed by atoms with Gasteiger partial charge in [0.2, 0.25) is 0 Å². The molecule has 0 amide bonds. The number of aliphatic hydroxyl groups excluding tert-OH is 10. The Labute approximate surface area is 187 Å². The molecule has 0 radical (unpaired) electrons. The lowest BCUT2D eigenvalue weighted by Crippen LogP contribution is -2.64. The summed E-state index contributed by atoms with van der Waals surface area (Å²) in [7, 11) is 0. The minimum atomic E-state index is -1.83. The highest BCUT2D eigenvalue weighted by Gasteiger charge is 2.51. The van der Waals surface area contributed by atoms with Crippen molar-refractivity contribution in [1.82, 2.24) is 0 Å². The minimum absolute atomic E-state index is 0.531. The quantitative estimate of drug-likeness (QED) is 0.167. The molecule has 3 heterocycles. The van der Waals surface area contributed by atoms with Crippen LogP contribution < -0.4 is 0 Å². The molecule has 3 aliphatic rings. The van der Waals surface area contributed by atoms with Gasteiger partial charge >= 0.3 is 0 Å². The van der Waals surface area contributed by atoms with Gasteiger partial charge in [-0.15, -0.1) is 0 Å². The Hall–Kier alpha value is -0.600. The van der Waals surface area contributed by atoms with Gasteiger partial charge in [-0.25, -0.2) is 0 Å². The largest absolute Gasteiger partial charge is 0.394 e. The molecule has 10 N–H and O–H groups in total. The lowest BCUT2D eigenvalue weighted by Gasteiger charge is -2.45. The van der Waals surface area contributed by atoms with Gasteiger partial charge in [-0.1, -0.05) is 0 Å². The van der Waals surface area contributed by atoms with Crippen LogP contribution in [0.1, 0.15) is 6.92 Å². The molecule has 15 heteroatoms. The van der Waals surface area contributed by atoms with Gasteiger partial charge in [-0.2, -0.15) is 0 Å². The Morgan fingerprint density at radius 3 is 1.85 bits per heavy atom. The van der Waals surface area contributed by atoms with Gasteiger partial charge in [0.25, 0.3) is 0 Å². The average Bonchev–Trinajstić information content (AvgIpc) is 2.79. The molecular weight excluding hydrogens is 456 g/mol. The molecule has 0 bridgehead atoms. The molecule has 15 atom stereocenters. The first-order valence-corrected chi connectivity index (χ1v) is 10.4. The third-order valence-corrected chi connectivity index (χ3v) is 6.03. The molecule has 0 aromatic carbocycles. The van der Waals surface area contributed by atoms with E-state index in [4.69, 9.17) is 23.7 Å². The number of hydrogen-bond acceptors (Lipinski definition) is 15. The third-order valence-electron chi connectivity index (χ3n) is 6.03. The molecule has 3 rings (SSSR count). The summed E-state index contributed by atoms with van der Waals surface area (Å²) < 4.78 is 26.5. The second kappa shape index (κ2) is 11.0. The fourth-order valence-electron chi connectivity index (χ4n) is 3.90. The van der Waals surface area contributed by atoms with E-state index in [9.17, 15) is 51.1 Å². The zero-order valence-corrected chi connectivity index (χ0v) is 17.6. The maximum atomic E-state index is 10.3. The first kappa shape index (κ1) is 27.0. The van der Waals surface area contributed by atoms with Crippen LogP contribution in [0.5, 0.6) is 0 Å². The van der Waals surface area contributed by atoms with Crippen molar-refractivity contribution in [1.29, 1.82) is 0 Å². The highest BCUT2D eigenvalue weighted by molar-refractivity contribution is 4.94. The van der Waals surface area contributed by atoms with Crippen molar-refractivity contribution in [2.24, 2.45) is 0 Å². The summed E-state index contributed by atoms with van der Waals surface area (Å²) in [5.41, 5.74) is 0. The van der Waals surface area contributed by atoms with Gasteiger partial charge in [0.15, 0.2) is 18.9 Å². The molecule has 15 nitrogen and oxygen atoms in total. The highest BCUT2D eigenvalue weighted by Crippen LogP contribution is 2.29. The van der Waals surface area contributed by atoms with E-state index in [1.807, 2.05) is 0 Å². The average molecular weight is 488 g/mol. The number of ether oxygens (including phenoxy) is 5. The van der Waals surface area contributed by atoms with Crippen LogP contribution in [0.2, 0.25) is 0 Å². The molecule has 3 aliphatic heterocycles. The molecule has 33 heavy (non-hydrogen) atoms. The van der Waals surface area contributed by atoms with Crippen molar-refractivity contribution in [3.63, 3.8) is 0 Å². The maximum Gasteiger partial charge on any atom is 0.187 e. The summed E-state index contributed by atoms with van der Waals surface area (Å²) in [6, 6.07) is 0. The second-order valence-corrected chi connectivity index (χ2v) is 8.36. The summed E-state index contributed by atoms with van der Waals surface area (Å²) in [4.78, 5) is 0. The summed E-state index contributed by atoms with van der Waals surface area (Å²) in [6.45, 7) is 0.165. The second-order valence-electron chi connectivity index (χ2n) is 8.36. The lowest BCUT2D eigenvalue weighted by molar-refractivity contribution is -0.361. The van der Waals surface area contributed by atoms with Crippen LogP contribution in [0.4, 0.5) is 0 Å². The van der Waals surface area contributed by atoms with E-state index in [1.54, 1.807) is 0 Å². The molecule has 0 aromatic rings. The van der Waals surface area contributed by atoms with Crippen molar-refractivity contribution in [3.8, 4) is 0 Å².